The summed E-state index contributed by atoms with van der Waals surface area (Å²) in [5.74, 6) is 1.59. The average Bonchev–Trinajstić information content (AvgIpc) is 3.34. The van der Waals surface area contributed by atoms with E-state index in [1.165, 1.54) is 12.1 Å². The van der Waals surface area contributed by atoms with Gasteiger partial charge in [-0.1, -0.05) is 54.0 Å². The van der Waals surface area contributed by atoms with Crippen molar-refractivity contribution >= 4 is 5.91 Å². The SMILES string of the molecule is O=C(NC(CCN1CCC(c2nc(Cc3ccc(C(F)(F)F)cc3)no2)CC1)c1ccccc1)C1CCC1. The first-order valence-corrected chi connectivity index (χ1v) is 13.4. The van der Waals surface area contributed by atoms with Gasteiger partial charge in [0.1, 0.15) is 0 Å². The highest BCUT2D eigenvalue weighted by Gasteiger charge is 2.31. The van der Waals surface area contributed by atoms with E-state index in [9.17, 15) is 18.0 Å². The number of piperidine rings is 1. The fourth-order valence-corrected chi connectivity index (χ4v) is 5.18. The van der Waals surface area contributed by atoms with Gasteiger partial charge in [-0.2, -0.15) is 18.2 Å². The van der Waals surface area contributed by atoms with Gasteiger partial charge in [0.05, 0.1) is 11.6 Å². The van der Waals surface area contributed by atoms with E-state index in [1.807, 2.05) is 18.2 Å². The van der Waals surface area contributed by atoms with E-state index in [0.29, 0.717) is 23.7 Å². The highest BCUT2D eigenvalue weighted by molar-refractivity contribution is 5.79. The minimum atomic E-state index is -4.35. The van der Waals surface area contributed by atoms with Gasteiger partial charge in [0.15, 0.2) is 5.82 Å². The summed E-state index contributed by atoms with van der Waals surface area (Å²) in [6.45, 7) is 2.69. The molecule has 1 atom stereocenters. The summed E-state index contributed by atoms with van der Waals surface area (Å²) in [7, 11) is 0. The van der Waals surface area contributed by atoms with Crippen LogP contribution in [0.5, 0.6) is 0 Å². The standard InChI is InChI=1S/C29H33F3N4O2/c30-29(31,32)24-11-9-20(10-12-24)19-26-34-28(38-35-26)23-13-16-36(17-14-23)18-15-25(21-5-2-1-3-6-21)33-27(37)22-7-4-8-22/h1-3,5-6,9-12,22-23,25H,4,7-8,13-19H2,(H,33,37). The van der Waals surface area contributed by atoms with Crippen molar-refractivity contribution in [1.82, 2.24) is 20.4 Å². The van der Waals surface area contributed by atoms with Crippen molar-refractivity contribution in [2.75, 3.05) is 19.6 Å². The number of benzene rings is 2. The minimum absolute atomic E-state index is 0.00530. The molecule has 1 aromatic heterocycles. The Morgan fingerprint density at radius 3 is 2.37 bits per heavy atom. The van der Waals surface area contributed by atoms with Crippen LogP contribution in [-0.2, 0) is 17.4 Å². The second kappa shape index (κ2) is 11.7. The maximum atomic E-state index is 12.8. The highest BCUT2D eigenvalue weighted by Crippen LogP contribution is 2.31. The van der Waals surface area contributed by atoms with E-state index in [4.69, 9.17) is 4.52 Å². The number of alkyl halides is 3. The number of halogens is 3. The molecule has 5 rings (SSSR count). The van der Waals surface area contributed by atoms with Crippen LogP contribution in [0.15, 0.2) is 59.1 Å². The van der Waals surface area contributed by atoms with Gasteiger partial charge in [0.2, 0.25) is 11.8 Å². The first-order chi connectivity index (χ1) is 18.3. The highest BCUT2D eigenvalue weighted by atomic mass is 19.4. The average molecular weight is 527 g/mol. The Bertz CT molecular complexity index is 1180. The second-order valence-electron chi connectivity index (χ2n) is 10.4. The summed E-state index contributed by atoms with van der Waals surface area (Å²) in [6, 6.07) is 15.2. The lowest BCUT2D eigenvalue weighted by Crippen LogP contribution is -2.39. The summed E-state index contributed by atoms with van der Waals surface area (Å²) in [6.07, 6.45) is 1.74. The van der Waals surface area contributed by atoms with E-state index in [2.05, 4.69) is 32.5 Å². The lowest BCUT2D eigenvalue weighted by Gasteiger charge is -2.32. The second-order valence-corrected chi connectivity index (χ2v) is 10.4. The number of likely N-dealkylation sites (tertiary alicyclic amines) is 1. The van der Waals surface area contributed by atoms with Crippen LogP contribution in [0, 0.1) is 5.92 Å². The first kappa shape index (κ1) is 26.4. The van der Waals surface area contributed by atoms with Gasteiger partial charge in [0, 0.05) is 24.8 Å². The quantitative estimate of drug-likeness (QED) is 0.376. The number of hydrogen-bond donors (Lipinski definition) is 1. The molecule has 2 fully saturated rings. The molecule has 6 nitrogen and oxygen atoms in total. The molecule has 2 aliphatic rings. The van der Waals surface area contributed by atoms with E-state index >= 15 is 0 Å². The maximum absolute atomic E-state index is 12.8. The van der Waals surface area contributed by atoms with Gasteiger partial charge < -0.3 is 14.7 Å². The number of carbonyl (C=O) groups is 1. The number of amides is 1. The summed E-state index contributed by atoms with van der Waals surface area (Å²) < 4.78 is 43.9. The molecule has 1 amide bonds. The zero-order chi connectivity index (χ0) is 26.5. The van der Waals surface area contributed by atoms with Crippen LogP contribution in [0.2, 0.25) is 0 Å². The molecule has 2 aromatic carbocycles. The lowest BCUT2D eigenvalue weighted by atomic mass is 9.84. The van der Waals surface area contributed by atoms with Crippen LogP contribution in [0.1, 0.15) is 78.9 Å². The molecule has 0 bridgehead atoms. The third-order valence-electron chi connectivity index (χ3n) is 7.79. The molecule has 1 saturated heterocycles. The van der Waals surface area contributed by atoms with Gasteiger partial charge in [-0.05, 0) is 68.5 Å². The summed E-state index contributed by atoms with van der Waals surface area (Å²) in [5, 5.41) is 7.35. The number of nitrogens with zero attached hydrogens (tertiary/aromatic N) is 3. The molecule has 9 heteroatoms. The van der Waals surface area contributed by atoms with Crippen LogP contribution in [0.4, 0.5) is 13.2 Å². The lowest BCUT2D eigenvalue weighted by molar-refractivity contribution is -0.137. The van der Waals surface area contributed by atoms with Gasteiger partial charge in [0.25, 0.3) is 0 Å². The van der Waals surface area contributed by atoms with Crippen molar-refractivity contribution in [2.45, 2.75) is 63.1 Å². The Morgan fingerprint density at radius 1 is 1.03 bits per heavy atom. The molecule has 2 heterocycles. The summed E-state index contributed by atoms with van der Waals surface area (Å²) >= 11 is 0. The molecule has 1 N–H and O–H groups in total. The Kier molecular flexibility index (Phi) is 8.12. The van der Waals surface area contributed by atoms with E-state index < -0.39 is 11.7 Å². The van der Waals surface area contributed by atoms with Crippen molar-refractivity contribution < 1.29 is 22.5 Å². The van der Waals surface area contributed by atoms with Gasteiger partial charge in [-0.25, -0.2) is 0 Å². The fourth-order valence-electron chi connectivity index (χ4n) is 5.18. The third-order valence-corrected chi connectivity index (χ3v) is 7.79. The maximum Gasteiger partial charge on any atom is 0.416 e. The van der Waals surface area contributed by atoms with Crippen molar-refractivity contribution in [3.63, 3.8) is 0 Å². The van der Waals surface area contributed by atoms with Crippen molar-refractivity contribution in [3.8, 4) is 0 Å². The van der Waals surface area contributed by atoms with Crippen LogP contribution < -0.4 is 5.32 Å². The molecular formula is C29H33F3N4O2. The molecule has 1 aliphatic carbocycles. The molecule has 1 aliphatic heterocycles. The molecular weight excluding hydrogens is 493 g/mol. The third kappa shape index (κ3) is 6.62. The smallest absolute Gasteiger partial charge is 0.349 e. The normalized spacial score (nSPS) is 18.2. The number of hydrogen-bond acceptors (Lipinski definition) is 5. The molecule has 202 valence electrons. The molecule has 1 unspecified atom stereocenters. The van der Waals surface area contributed by atoms with Crippen LogP contribution in [0.3, 0.4) is 0 Å². The Labute approximate surface area is 220 Å². The number of aromatic nitrogens is 2. The van der Waals surface area contributed by atoms with Crippen molar-refractivity contribution in [1.29, 1.82) is 0 Å². The number of rotatable bonds is 9. The predicted octanol–water partition coefficient (Wildman–Crippen LogP) is 5.91. The molecule has 38 heavy (non-hydrogen) atoms. The predicted molar refractivity (Wildman–Crippen MR) is 136 cm³/mol. The zero-order valence-corrected chi connectivity index (χ0v) is 21.3. The topological polar surface area (TPSA) is 71.3 Å². The molecule has 3 aromatic rings. The number of nitrogens with one attached hydrogen (secondary N) is 1. The molecule has 0 spiro atoms. The van der Waals surface area contributed by atoms with Crippen LogP contribution in [0.25, 0.3) is 0 Å². The molecule has 0 radical (unpaired) electrons. The van der Waals surface area contributed by atoms with Crippen molar-refractivity contribution in [3.05, 3.63) is 83.0 Å². The fraction of sp³-hybridized carbons (Fsp3) is 0.483. The summed E-state index contributed by atoms with van der Waals surface area (Å²) in [4.78, 5) is 19.6. The summed E-state index contributed by atoms with van der Waals surface area (Å²) in [5.41, 5.74) is 1.18. The van der Waals surface area contributed by atoms with Gasteiger partial charge in [-0.15, -0.1) is 0 Å². The van der Waals surface area contributed by atoms with E-state index in [0.717, 1.165) is 75.9 Å². The Morgan fingerprint density at radius 2 is 1.74 bits per heavy atom. The van der Waals surface area contributed by atoms with Gasteiger partial charge in [-0.3, -0.25) is 4.79 Å². The van der Waals surface area contributed by atoms with Gasteiger partial charge >= 0.3 is 6.18 Å². The largest absolute Gasteiger partial charge is 0.416 e. The number of carbonyl (C=O) groups excluding carboxylic acids is 1. The first-order valence-electron chi connectivity index (χ1n) is 13.4. The van der Waals surface area contributed by atoms with Crippen LogP contribution >= 0.6 is 0 Å². The van der Waals surface area contributed by atoms with E-state index in [1.54, 1.807) is 0 Å². The minimum Gasteiger partial charge on any atom is -0.349 e. The van der Waals surface area contributed by atoms with E-state index in [-0.39, 0.29) is 23.8 Å². The van der Waals surface area contributed by atoms with Crippen molar-refractivity contribution in [2.24, 2.45) is 5.92 Å². The Balaban J connectivity index is 1.11. The van der Waals surface area contributed by atoms with Crippen LogP contribution in [-0.4, -0.2) is 40.6 Å². The Hall–Kier alpha value is -3.20. The molecule has 1 saturated carbocycles. The zero-order valence-electron chi connectivity index (χ0n) is 21.3. The monoisotopic (exact) mass is 526 g/mol.